The molecule has 0 aromatic heterocycles. The lowest BCUT2D eigenvalue weighted by Crippen LogP contribution is -2.30. The fraction of sp³-hybridized carbons (Fsp3) is 0.586. The number of allylic oxidation sites excluding steroid dienone is 26. The zero-order valence-electron chi connectivity index (χ0n) is 48.7. The van der Waals surface area contributed by atoms with Crippen LogP contribution in [0.1, 0.15) is 245 Å². The van der Waals surface area contributed by atoms with E-state index < -0.39 is 12.1 Å². The van der Waals surface area contributed by atoms with E-state index >= 15 is 0 Å². The minimum Gasteiger partial charge on any atom is -0.462 e. The number of rotatable bonds is 53. The molecule has 0 aromatic rings. The van der Waals surface area contributed by atoms with Crippen LogP contribution in [0.15, 0.2) is 158 Å². The maximum absolute atomic E-state index is 12.9. The molecular formula is C70H110O6. The van der Waals surface area contributed by atoms with Crippen LogP contribution in [0.2, 0.25) is 0 Å². The van der Waals surface area contributed by atoms with Crippen LogP contribution in [0.25, 0.3) is 0 Å². The van der Waals surface area contributed by atoms with Gasteiger partial charge in [-0.2, -0.15) is 0 Å². The highest BCUT2D eigenvalue weighted by molar-refractivity contribution is 5.71. The molecule has 0 fully saturated rings. The molecule has 0 radical (unpaired) electrons. The molecule has 1 unspecified atom stereocenters. The molecule has 426 valence electrons. The first-order valence-electron chi connectivity index (χ1n) is 30.5. The fourth-order valence-electron chi connectivity index (χ4n) is 7.80. The number of unbranched alkanes of at least 4 members (excludes halogenated alkanes) is 16. The zero-order valence-corrected chi connectivity index (χ0v) is 48.7. The van der Waals surface area contributed by atoms with Gasteiger partial charge in [0.2, 0.25) is 0 Å². The Bertz CT molecular complexity index is 1720. The van der Waals surface area contributed by atoms with E-state index in [1.165, 1.54) is 70.6 Å². The van der Waals surface area contributed by atoms with E-state index in [-0.39, 0.29) is 31.6 Å². The van der Waals surface area contributed by atoms with Gasteiger partial charge in [0.05, 0.1) is 0 Å². The van der Waals surface area contributed by atoms with E-state index in [0.717, 1.165) is 128 Å². The zero-order chi connectivity index (χ0) is 55.0. The SMILES string of the molecule is CC/C=C\C/C=C\C/C=C\C/C=C\C/C=C\C/C=C\C/C=C\CCCCCC(=O)OCC(COC(=O)CCCCCCCCCCCCCCCC)OC(=O)CC/C=C\C/C=C\C/C=C\C/C=C\C/C=C\C/C=C\CC. The summed E-state index contributed by atoms with van der Waals surface area (Å²) in [5, 5.41) is 0. The summed E-state index contributed by atoms with van der Waals surface area (Å²) in [6.45, 7) is 6.32. The van der Waals surface area contributed by atoms with E-state index in [1.54, 1.807) is 0 Å². The number of carbonyl (C=O) groups is 3. The highest BCUT2D eigenvalue weighted by Gasteiger charge is 2.19. The Kier molecular flexibility index (Phi) is 58.5. The van der Waals surface area contributed by atoms with E-state index in [0.29, 0.717) is 19.3 Å². The van der Waals surface area contributed by atoms with Crippen molar-refractivity contribution in [3.63, 3.8) is 0 Å². The van der Waals surface area contributed by atoms with Gasteiger partial charge < -0.3 is 14.2 Å². The molecule has 0 aromatic carbocycles. The third-order valence-electron chi connectivity index (χ3n) is 12.3. The van der Waals surface area contributed by atoms with Gasteiger partial charge in [-0.05, 0) is 116 Å². The van der Waals surface area contributed by atoms with Crippen molar-refractivity contribution in [2.24, 2.45) is 0 Å². The first-order valence-corrected chi connectivity index (χ1v) is 30.5. The third-order valence-corrected chi connectivity index (χ3v) is 12.3. The number of hydrogen-bond acceptors (Lipinski definition) is 6. The molecule has 1 atom stereocenters. The van der Waals surface area contributed by atoms with Crippen molar-refractivity contribution in [3.8, 4) is 0 Å². The number of esters is 3. The maximum atomic E-state index is 12.9. The lowest BCUT2D eigenvalue weighted by atomic mass is 10.0. The number of ether oxygens (including phenoxy) is 3. The summed E-state index contributed by atoms with van der Waals surface area (Å²) in [7, 11) is 0. The molecule has 0 aliphatic heterocycles. The van der Waals surface area contributed by atoms with Crippen LogP contribution in [-0.4, -0.2) is 37.2 Å². The highest BCUT2D eigenvalue weighted by Crippen LogP contribution is 2.14. The summed E-state index contributed by atoms with van der Waals surface area (Å²) in [5.41, 5.74) is 0. The largest absolute Gasteiger partial charge is 0.462 e. The second-order valence-electron chi connectivity index (χ2n) is 19.5. The first-order chi connectivity index (χ1) is 37.5. The van der Waals surface area contributed by atoms with Crippen LogP contribution in [0.5, 0.6) is 0 Å². The molecule has 0 saturated heterocycles. The molecule has 0 rings (SSSR count). The molecule has 0 aliphatic carbocycles. The summed E-state index contributed by atoms with van der Waals surface area (Å²) < 4.78 is 16.8. The number of carbonyl (C=O) groups excluding carboxylic acids is 3. The van der Waals surface area contributed by atoms with Gasteiger partial charge in [-0.3, -0.25) is 14.4 Å². The topological polar surface area (TPSA) is 78.9 Å². The molecule has 0 spiro atoms. The minimum absolute atomic E-state index is 0.124. The lowest BCUT2D eigenvalue weighted by Gasteiger charge is -2.18. The Morgan fingerprint density at radius 1 is 0.276 bits per heavy atom. The Morgan fingerprint density at radius 2 is 0.539 bits per heavy atom. The Morgan fingerprint density at radius 3 is 0.855 bits per heavy atom. The van der Waals surface area contributed by atoms with E-state index in [2.05, 4.69) is 167 Å². The smallest absolute Gasteiger partial charge is 0.306 e. The van der Waals surface area contributed by atoms with E-state index in [4.69, 9.17) is 14.2 Å². The second-order valence-corrected chi connectivity index (χ2v) is 19.5. The van der Waals surface area contributed by atoms with Crippen molar-refractivity contribution >= 4 is 17.9 Å². The molecule has 76 heavy (non-hydrogen) atoms. The van der Waals surface area contributed by atoms with Crippen molar-refractivity contribution in [1.29, 1.82) is 0 Å². The van der Waals surface area contributed by atoms with Crippen molar-refractivity contribution in [1.82, 2.24) is 0 Å². The van der Waals surface area contributed by atoms with E-state index in [1.807, 2.05) is 12.2 Å². The summed E-state index contributed by atoms with van der Waals surface area (Å²) in [4.78, 5) is 38.2. The van der Waals surface area contributed by atoms with Crippen LogP contribution in [0.4, 0.5) is 0 Å². The summed E-state index contributed by atoms with van der Waals surface area (Å²) in [6.07, 6.45) is 91.1. The van der Waals surface area contributed by atoms with Crippen molar-refractivity contribution in [3.05, 3.63) is 158 Å². The lowest BCUT2D eigenvalue weighted by molar-refractivity contribution is -0.166. The van der Waals surface area contributed by atoms with Gasteiger partial charge in [0, 0.05) is 19.3 Å². The summed E-state index contributed by atoms with van der Waals surface area (Å²) >= 11 is 0. The first kappa shape index (κ1) is 71.0. The van der Waals surface area contributed by atoms with Gasteiger partial charge in [0.1, 0.15) is 13.2 Å². The average Bonchev–Trinajstić information content (AvgIpc) is 3.42. The van der Waals surface area contributed by atoms with Gasteiger partial charge in [-0.15, -0.1) is 0 Å². The van der Waals surface area contributed by atoms with Crippen molar-refractivity contribution in [2.45, 2.75) is 252 Å². The van der Waals surface area contributed by atoms with Gasteiger partial charge in [0.25, 0.3) is 0 Å². The molecule has 0 bridgehead atoms. The standard InChI is InChI=1S/C70H110O6/c1-4-7-10-13-16-19-22-25-28-30-32-33-34-35-36-37-39-40-42-45-48-51-54-57-60-63-69(72)75-66-67(65-74-68(71)62-59-56-53-50-47-44-27-24-21-18-15-12-9-6-3)76-70(73)64-61-58-55-52-49-46-43-41-38-31-29-26-23-20-17-14-11-8-5-2/h7-8,10-11,16-17,19-20,25-26,28-29,32-33,35-36,38-41,45-46,48-49,55,58,67H,4-6,9,12-15,18,21-24,27,30-31,34,37,42-44,47,50-54,56-57,59-66H2,1-3H3/b10-7-,11-8-,19-16-,20-17-,28-25-,29-26-,33-32-,36-35-,40-39-,41-38-,48-45-,49-46-,58-55-. The molecule has 6 heteroatoms. The Labute approximate surface area is 467 Å². The van der Waals surface area contributed by atoms with Crippen LogP contribution >= 0.6 is 0 Å². The maximum Gasteiger partial charge on any atom is 0.306 e. The fourth-order valence-corrected chi connectivity index (χ4v) is 7.80. The predicted molar refractivity (Wildman–Crippen MR) is 329 cm³/mol. The highest BCUT2D eigenvalue weighted by atomic mass is 16.6. The van der Waals surface area contributed by atoms with Gasteiger partial charge >= 0.3 is 17.9 Å². The minimum atomic E-state index is -0.840. The van der Waals surface area contributed by atoms with Crippen LogP contribution in [0.3, 0.4) is 0 Å². The molecule has 6 nitrogen and oxygen atoms in total. The van der Waals surface area contributed by atoms with Gasteiger partial charge in [-0.25, -0.2) is 0 Å². The van der Waals surface area contributed by atoms with Crippen LogP contribution in [-0.2, 0) is 28.6 Å². The third kappa shape index (κ3) is 59.9. The number of hydrogen-bond donors (Lipinski definition) is 0. The van der Waals surface area contributed by atoms with Gasteiger partial charge in [0.15, 0.2) is 6.10 Å². The average molecular weight is 1050 g/mol. The monoisotopic (exact) mass is 1050 g/mol. The van der Waals surface area contributed by atoms with Crippen molar-refractivity contribution in [2.75, 3.05) is 13.2 Å². The molecule has 0 heterocycles. The second kappa shape index (κ2) is 62.6. The molecule has 0 saturated carbocycles. The predicted octanol–water partition coefficient (Wildman–Crippen LogP) is 20.9. The van der Waals surface area contributed by atoms with Crippen molar-refractivity contribution < 1.29 is 28.6 Å². The molecular weight excluding hydrogens is 937 g/mol. The Hall–Kier alpha value is -4.97. The molecule has 0 aliphatic rings. The molecule has 0 N–H and O–H groups in total. The van der Waals surface area contributed by atoms with E-state index in [9.17, 15) is 14.4 Å². The summed E-state index contributed by atoms with van der Waals surface area (Å²) in [5.74, 6) is -1.05. The Balaban J connectivity index is 4.56. The summed E-state index contributed by atoms with van der Waals surface area (Å²) in [6, 6.07) is 0. The quantitative estimate of drug-likeness (QED) is 0.0261. The van der Waals surface area contributed by atoms with Crippen LogP contribution in [0, 0.1) is 0 Å². The molecule has 0 amide bonds. The van der Waals surface area contributed by atoms with Gasteiger partial charge in [-0.1, -0.05) is 269 Å². The normalized spacial score (nSPS) is 13.2. The van der Waals surface area contributed by atoms with Crippen LogP contribution < -0.4 is 0 Å².